The fourth-order valence-electron chi connectivity index (χ4n) is 2.94. The summed E-state index contributed by atoms with van der Waals surface area (Å²) in [5.74, 6) is 6.38. The van der Waals surface area contributed by atoms with E-state index in [1.165, 1.54) is 37.7 Å². The first-order valence-electron chi connectivity index (χ1n) is 6.48. The maximum Gasteiger partial charge on any atom is 0.0807 e. The minimum Gasteiger partial charge on any atom is -0.379 e. The van der Waals surface area contributed by atoms with Gasteiger partial charge in [0.1, 0.15) is 0 Å². The monoisotopic (exact) mass is 332 g/mol. The molecule has 0 spiro atoms. The van der Waals surface area contributed by atoms with Gasteiger partial charge in [-0.3, -0.25) is 11.3 Å². The molecule has 1 aliphatic rings. The lowest BCUT2D eigenvalue weighted by Gasteiger charge is -2.34. The molecule has 3 nitrogen and oxygen atoms in total. The number of nitrogens with two attached hydrogens (primary N) is 1. The van der Waals surface area contributed by atoms with E-state index in [1.54, 1.807) is 18.4 Å². The second-order valence-corrected chi connectivity index (χ2v) is 6.52. The third-order valence-electron chi connectivity index (χ3n) is 3.87. The summed E-state index contributed by atoms with van der Waals surface area (Å²) in [7, 11) is 1.80. The molecule has 1 fully saturated rings. The Bertz CT molecular complexity index is 366. The molecule has 1 aliphatic carbocycles. The molecule has 1 heterocycles. The summed E-state index contributed by atoms with van der Waals surface area (Å²) < 4.78 is 6.88. The number of hydrogen-bond donors (Lipinski definition) is 2. The molecule has 2 atom stereocenters. The van der Waals surface area contributed by atoms with Crippen LogP contribution in [0.1, 0.15) is 43.7 Å². The normalized spacial score (nSPS) is 20.8. The third kappa shape index (κ3) is 3.14. The second-order valence-electron chi connectivity index (χ2n) is 4.92. The zero-order valence-electron chi connectivity index (χ0n) is 10.7. The molecule has 18 heavy (non-hydrogen) atoms. The van der Waals surface area contributed by atoms with E-state index in [-0.39, 0.29) is 12.1 Å². The van der Waals surface area contributed by atoms with Crippen LogP contribution in [-0.2, 0) is 4.74 Å². The van der Waals surface area contributed by atoms with Crippen LogP contribution >= 0.6 is 27.3 Å². The van der Waals surface area contributed by atoms with Crippen LogP contribution in [0.15, 0.2) is 15.2 Å². The number of thiophene rings is 1. The molecule has 0 aliphatic heterocycles. The first-order chi connectivity index (χ1) is 8.77. The summed E-state index contributed by atoms with van der Waals surface area (Å²) in [6.45, 7) is 0. The van der Waals surface area contributed by atoms with E-state index >= 15 is 0 Å². The van der Waals surface area contributed by atoms with Crippen molar-refractivity contribution in [2.24, 2.45) is 11.8 Å². The number of hydrogen-bond acceptors (Lipinski definition) is 4. The van der Waals surface area contributed by atoms with Crippen molar-refractivity contribution in [2.45, 2.75) is 44.2 Å². The maximum absolute atomic E-state index is 5.77. The molecule has 3 N–H and O–H groups in total. The lowest BCUT2D eigenvalue weighted by Crippen LogP contribution is -2.42. The lowest BCUT2D eigenvalue weighted by molar-refractivity contribution is 0.00744. The zero-order chi connectivity index (χ0) is 13.0. The Morgan fingerprint density at radius 3 is 2.61 bits per heavy atom. The Kier molecular flexibility index (Phi) is 5.63. The van der Waals surface area contributed by atoms with Gasteiger partial charge in [0.25, 0.3) is 0 Å². The Morgan fingerprint density at radius 2 is 2.11 bits per heavy atom. The molecule has 0 bridgehead atoms. The summed E-state index contributed by atoms with van der Waals surface area (Å²) in [5.41, 5.74) is 4.15. The average Bonchev–Trinajstić information content (AvgIpc) is 2.83. The molecule has 5 heteroatoms. The van der Waals surface area contributed by atoms with Gasteiger partial charge in [-0.05, 0) is 45.6 Å². The number of nitrogens with one attached hydrogen (secondary N) is 1. The predicted octanol–water partition coefficient (Wildman–Crippen LogP) is 3.61. The van der Waals surface area contributed by atoms with Crippen LogP contribution in [0.3, 0.4) is 0 Å². The van der Waals surface area contributed by atoms with E-state index < -0.39 is 0 Å². The van der Waals surface area contributed by atoms with Crippen molar-refractivity contribution in [3.63, 3.8) is 0 Å². The highest BCUT2D eigenvalue weighted by Gasteiger charge is 2.32. The van der Waals surface area contributed by atoms with E-state index in [0.29, 0.717) is 5.92 Å². The van der Waals surface area contributed by atoms with Crippen LogP contribution in [0.2, 0.25) is 0 Å². The van der Waals surface area contributed by atoms with Gasteiger partial charge in [0.2, 0.25) is 0 Å². The smallest absolute Gasteiger partial charge is 0.0807 e. The van der Waals surface area contributed by atoms with Gasteiger partial charge < -0.3 is 4.74 Å². The van der Waals surface area contributed by atoms with Crippen molar-refractivity contribution in [1.29, 1.82) is 0 Å². The van der Waals surface area contributed by atoms with Gasteiger partial charge in [-0.15, -0.1) is 0 Å². The van der Waals surface area contributed by atoms with Crippen molar-refractivity contribution in [1.82, 2.24) is 5.43 Å². The Labute approximate surface area is 121 Å². The maximum atomic E-state index is 5.77. The molecule has 2 unspecified atom stereocenters. The third-order valence-corrected chi connectivity index (χ3v) is 5.62. The Hall–Kier alpha value is 0.0600. The minimum absolute atomic E-state index is 0.0683. The fraction of sp³-hybridized carbons (Fsp3) is 0.692. The molecular weight excluding hydrogens is 312 g/mol. The molecule has 1 saturated carbocycles. The van der Waals surface area contributed by atoms with E-state index in [1.807, 2.05) is 0 Å². The molecule has 1 aromatic heterocycles. The van der Waals surface area contributed by atoms with E-state index in [4.69, 9.17) is 10.6 Å². The summed E-state index contributed by atoms with van der Waals surface area (Å²) in [5, 5.41) is 4.23. The molecule has 1 aromatic rings. The SMILES string of the molecule is COC(C1CCCCC1)C(NN)c1cscc1Br. The topological polar surface area (TPSA) is 47.3 Å². The van der Waals surface area contributed by atoms with Crippen molar-refractivity contribution < 1.29 is 4.74 Å². The summed E-state index contributed by atoms with van der Waals surface area (Å²) >= 11 is 5.28. The van der Waals surface area contributed by atoms with Crippen LogP contribution < -0.4 is 11.3 Å². The van der Waals surface area contributed by atoms with Gasteiger partial charge in [-0.25, -0.2) is 0 Å². The number of hydrazine groups is 1. The van der Waals surface area contributed by atoms with E-state index in [2.05, 4.69) is 32.1 Å². The van der Waals surface area contributed by atoms with Crippen molar-refractivity contribution in [2.75, 3.05) is 7.11 Å². The summed E-state index contributed by atoms with van der Waals surface area (Å²) in [6, 6.07) is 0.0683. The van der Waals surface area contributed by atoms with Gasteiger partial charge in [-0.1, -0.05) is 19.3 Å². The average molecular weight is 333 g/mol. The van der Waals surface area contributed by atoms with Crippen LogP contribution in [0.25, 0.3) is 0 Å². The molecule has 102 valence electrons. The second kappa shape index (κ2) is 7.01. The Morgan fingerprint density at radius 1 is 1.39 bits per heavy atom. The van der Waals surface area contributed by atoms with Gasteiger partial charge >= 0.3 is 0 Å². The molecular formula is C13H21BrN2OS. The molecule has 2 rings (SSSR count). The van der Waals surface area contributed by atoms with Gasteiger partial charge in [0.05, 0.1) is 12.1 Å². The van der Waals surface area contributed by atoms with E-state index in [9.17, 15) is 0 Å². The minimum atomic E-state index is 0.0683. The zero-order valence-corrected chi connectivity index (χ0v) is 13.1. The number of halogens is 1. The fourth-order valence-corrected chi connectivity index (χ4v) is 4.52. The van der Waals surface area contributed by atoms with Gasteiger partial charge in [0.15, 0.2) is 0 Å². The number of methoxy groups -OCH3 is 1. The van der Waals surface area contributed by atoms with Gasteiger partial charge in [-0.2, -0.15) is 11.3 Å². The summed E-state index contributed by atoms with van der Waals surface area (Å²) in [6.07, 6.45) is 6.63. The number of rotatable bonds is 5. The van der Waals surface area contributed by atoms with E-state index in [0.717, 1.165) is 4.47 Å². The Balaban J connectivity index is 2.15. The first-order valence-corrected chi connectivity index (χ1v) is 8.22. The molecule has 0 amide bonds. The lowest BCUT2D eigenvalue weighted by atomic mass is 9.81. The van der Waals surface area contributed by atoms with Crippen LogP contribution in [-0.4, -0.2) is 13.2 Å². The summed E-state index contributed by atoms with van der Waals surface area (Å²) in [4.78, 5) is 0. The van der Waals surface area contributed by atoms with Crippen LogP contribution in [0.4, 0.5) is 0 Å². The van der Waals surface area contributed by atoms with Crippen LogP contribution in [0, 0.1) is 5.92 Å². The largest absolute Gasteiger partial charge is 0.379 e. The molecule has 0 radical (unpaired) electrons. The highest BCUT2D eigenvalue weighted by Crippen LogP contribution is 2.37. The van der Waals surface area contributed by atoms with Gasteiger partial charge in [0, 0.05) is 17.0 Å². The quantitative estimate of drug-likeness (QED) is 0.639. The number of ether oxygens (including phenoxy) is 1. The standard InChI is InChI=1S/C13H21BrN2OS/c1-17-13(9-5-3-2-4-6-9)12(16-15)10-7-18-8-11(10)14/h7-9,12-13,16H,2-6,15H2,1H3. The molecule has 0 aromatic carbocycles. The molecule has 0 saturated heterocycles. The predicted molar refractivity (Wildman–Crippen MR) is 79.5 cm³/mol. The highest BCUT2D eigenvalue weighted by molar-refractivity contribution is 9.10. The van der Waals surface area contributed by atoms with Crippen molar-refractivity contribution in [3.05, 3.63) is 20.8 Å². The van der Waals surface area contributed by atoms with Crippen molar-refractivity contribution >= 4 is 27.3 Å². The highest BCUT2D eigenvalue weighted by atomic mass is 79.9. The van der Waals surface area contributed by atoms with Crippen molar-refractivity contribution in [3.8, 4) is 0 Å². The van der Waals surface area contributed by atoms with Crippen LogP contribution in [0.5, 0.6) is 0 Å². The first kappa shape index (κ1) is 14.5.